The number of amides is 1. The van der Waals surface area contributed by atoms with Gasteiger partial charge in [-0.3, -0.25) is 9.69 Å². The van der Waals surface area contributed by atoms with Crippen LogP contribution in [0.5, 0.6) is 0 Å². The van der Waals surface area contributed by atoms with Crippen molar-refractivity contribution in [1.29, 1.82) is 0 Å². The van der Waals surface area contributed by atoms with Crippen molar-refractivity contribution in [2.75, 3.05) is 20.6 Å². The molecule has 1 atom stereocenters. The van der Waals surface area contributed by atoms with Crippen molar-refractivity contribution in [3.05, 3.63) is 58.0 Å². The van der Waals surface area contributed by atoms with E-state index in [1.807, 2.05) is 50.2 Å². The number of rotatable bonds is 5. The normalized spacial score (nSPS) is 12.4. The van der Waals surface area contributed by atoms with Gasteiger partial charge >= 0.3 is 0 Å². The van der Waals surface area contributed by atoms with Gasteiger partial charge in [-0.25, -0.2) is 0 Å². The summed E-state index contributed by atoms with van der Waals surface area (Å²) in [4.78, 5) is 14.2. The van der Waals surface area contributed by atoms with E-state index in [1.54, 1.807) is 12.1 Å². The van der Waals surface area contributed by atoms with Crippen molar-refractivity contribution in [1.82, 2.24) is 10.2 Å². The number of furan rings is 1. The zero-order chi connectivity index (χ0) is 15.4. The summed E-state index contributed by atoms with van der Waals surface area (Å²) in [5.74, 6) is 1.64. The van der Waals surface area contributed by atoms with Crippen molar-refractivity contribution in [3.8, 4) is 0 Å². The summed E-state index contributed by atoms with van der Waals surface area (Å²) in [6, 6.07) is 11.2. The molecular weight excluding hydrogens is 332 g/mol. The molecule has 0 spiro atoms. The van der Waals surface area contributed by atoms with E-state index in [0.29, 0.717) is 12.1 Å². The lowest BCUT2D eigenvalue weighted by molar-refractivity contribution is 0.0939. The first-order chi connectivity index (χ1) is 9.97. The van der Waals surface area contributed by atoms with Crippen LogP contribution < -0.4 is 5.32 Å². The molecule has 0 saturated heterocycles. The highest BCUT2D eigenvalue weighted by atomic mass is 79.9. The highest BCUT2D eigenvalue weighted by molar-refractivity contribution is 9.10. The van der Waals surface area contributed by atoms with Crippen LogP contribution in [0.3, 0.4) is 0 Å². The first-order valence-electron chi connectivity index (χ1n) is 6.74. The van der Waals surface area contributed by atoms with Crippen LogP contribution in [0.15, 0.2) is 45.3 Å². The number of carbonyl (C=O) groups excluding carboxylic acids is 1. The second-order valence-electron chi connectivity index (χ2n) is 5.14. The van der Waals surface area contributed by atoms with Gasteiger partial charge in [0.2, 0.25) is 0 Å². The fraction of sp³-hybridized carbons (Fsp3) is 0.312. The number of likely N-dealkylation sites (N-methyl/N-ethyl adjacent to an activating group) is 1. The van der Waals surface area contributed by atoms with Crippen molar-refractivity contribution >= 4 is 21.8 Å². The van der Waals surface area contributed by atoms with Gasteiger partial charge in [-0.15, -0.1) is 0 Å². The Morgan fingerprint density at radius 1 is 1.24 bits per heavy atom. The summed E-state index contributed by atoms with van der Waals surface area (Å²) in [6.45, 7) is 2.41. The second kappa shape index (κ2) is 6.91. The molecule has 0 fully saturated rings. The van der Waals surface area contributed by atoms with Crippen molar-refractivity contribution < 1.29 is 9.21 Å². The molecule has 0 radical (unpaired) electrons. The number of benzene rings is 1. The molecule has 1 amide bonds. The van der Waals surface area contributed by atoms with E-state index in [4.69, 9.17) is 4.42 Å². The van der Waals surface area contributed by atoms with Gasteiger partial charge in [-0.1, -0.05) is 15.9 Å². The van der Waals surface area contributed by atoms with Gasteiger partial charge < -0.3 is 9.73 Å². The topological polar surface area (TPSA) is 45.5 Å². The molecule has 0 saturated carbocycles. The second-order valence-corrected chi connectivity index (χ2v) is 6.06. The van der Waals surface area contributed by atoms with Crippen LogP contribution in [-0.4, -0.2) is 31.4 Å². The molecule has 1 aromatic heterocycles. The maximum absolute atomic E-state index is 12.1. The third-order valence-electron chi connectivity index (χ3n) is 3.28. The Labute approximate surface area is 133 Å². The molecule has 4 nitrogen and oxygen atoms in total. The summed E-state index contributed by atoms with van der Waals surface area (Å²) < 4.78 is 6.62. The Balaban J connectivity index is 2.02. The SMILES string of the molecule is Cc1ccc([C@@H](CNC(=O)c2ccc(Br)cc2)N(C)C)o1. The van der Waals surface area contributed by atoms with Gasteiger partial charge in [0.1, 0.15) is 11.5 Å². The standard InChI is InChI=1S/C16H19BrN2O2/c1-11-4-9-15(21-11)14(19(2)3)10-18-16(20)12-5-7-13(17)8-6-12/h4-9,14H,10H2,1-3H3,(H,18,20)/t14-/m1/s1. The largest absolute Gasteiger partial charge is 0.465 e. The third-order valence-corrected chi connectivity index (χ3v) is 3.80. The van der Waals surface area contributed by atoms with Crippen LogP contribution in [0.4, 0.5) is 0 Å². The number of hydrogen-bond acceptors (Lipinski definition) is 3. The van der Waals surface area contributed by atoms with E-state index >= 15 is 0 Å². The average Bonchev–Trinajstić information content (AvgIpc) is 2.85. The molecule has 2 aromatic rings. The van der Waals surface area contributed by atoms with Crippen LogP contribution in [0.1, 0.15) is 27.9 Å². The van der Waals surface area contributed by atoms with Crippen LogP contribution in [0.25, 0.3) is 0 Å². The molecule has 1 heterocycles. The van der Waals surface area contributed by atoms with Crippen LogP contribution >= 0.6 is 15.9 Å². The molecule has 1 aromatic carbocycles. The molecular formula is C16H19BrN2O2. The maximum atomic E-state index is 12.1. The molecule has 0 aliphatic rings. The minimum Gasteiger partial charge on any atom is -0.465 e. The third kappa shape index (κ3) is 4.19. The predicted octanol–water partition coefficient (Wildman–Crippen LogP) is 3.38. The highest BCUT2D eigenvalue weighted by Gasteiger charge is 2.18. The summed E-state index contributed by atoms with van der Waals surface area (Å²) in [7, 11) is 3.93. The van der Waals surface area contributed by atoms with E-state index in [-0.39, 0.29) is 11.9 Å². The minimum atomic E-state index is -0.0855. The summed E-state index contributed by atoms with van der Waals surface area (Å²) in [5, 5.41) is 2.95. The molecule has 1 N–H and O–H groups in total. The molecule has 2 rings (SSSR count). The Morgan fingerprint density at radius 3 is 2.43 bits per heavy atom. The fourth-order valence-electron chi connectivity index (χ4n) is 2.06. The molecule has 5 heteroatoms. The van der Waals surface area contributed by atoms with Gasteiger partial charge in [-0.2, -0.15) is 0 Å². The Bertz CT molecular complexity index is 605. The van der Waals surface area contributed by atoms with Gasteiger partial charge in [-0.05, 0) is 57.4 Å². The zero-order valence-electron chi connectivity index (χ0n) is 12.4. The quantitative estimate of drug-likeness (QED) is 0.898. The smallest absolute Gasteiger partial charge is 0.251 e. The summed E-state index contributed by atoms with van der Waals surface area (Å²) in [5.41, 5.74) is 0.645. The van der Waals surface area contributed by atoms with E-state index in [1.165, 1.54) is 0 Å². The van der Waals surface area contributed by atoms with Gasteiger partial charge in [0, 0.05) is 16.6 Å². The molecule has 21 heavy (non-hydrogen) atoms. The minimum absolute atomic E-state index is 0.0121. The number of halogens is 1. The first kappa shape index (κ1) is 15.8. The monoisotopic (exact) mass is 350 g/mol. The fourth-order valence-corrected chi connectivity index (χ4v) is 2.33. The lowest BCUT2D eigenvalue weighted by Crippen LogP contribution is -2.34. The number of hydrogen-bond donors (Lipinski definition) is 1. The molecule has 0 bridgehead atoms. The van der Waals surface area contributed by atoms with E-state index in [2.05, 4.69) is 21.2 Å². The molecule has 0 aliphatic carbocycles. The Hall–Kier alpha value is -1.59. The summed E-state index contributed by atoms with van der Waals surface area (Å²) in [6.07, 6.45) is 0. The van der Waals surface area contributed by atoms with E-state index in [0.717, 1.165) is 16.0 Å². The first-order valence-corrected chi connectivity index (χ1v) is 7.53. The van der Waals surface area contributed by atoms with Crippen LogP contribution in [0.2, 0.25) is 0 Å². The lowest BCUT2D eigenvalue weighted by atomic mass is 10.2. The van der Waals surface area contributed by atoms with Crippen molar-refractivity contribution in [3.63, 3.8) is 0 Å². The van der Waals surface area contributed by atoms with Gasteiger partial charge in [0.25, 0.3) is 5.91 Å². The molecule has 0 aliphatic heterocycles. The average molecular weight is 351 g/mol. The van der Waals surface area contributed by atoms with Crippen molar-refractivity contribution in [2.24, 2.45) is 0 Å². The number of nitrogens with one attached hydrogen (secondary N) is 1. The van der Waals surface area contributed by atoms with Gasteiger partial charge in [0.15, 0.2) is 0 Å². The van der Waals surface area contributed by atoms with Crippen LogP contribution in [-0.2, 0) is 0 Å². The maximum Gasteiger partial charge on any atom is 0.251 e. The zero-order valence-corrected chi connectivity index (χ0v) is 14.0. The van der Waals surface area contributed by atoms with E-state index < -0.39 is 0 Å². The number of aryl methyl sites for hydroxylation is 1. The lowest BCUT2D eigenvalue weighted by Gasteiger charge is -2.22. The van der Waals surface area contributed by atoms with E-state index in [9.17, 15) is 4.79 Å². The molecule has 0 unspecified atom stereocenters. The Morgan fingerprint density at radius 2 is 1.90 bits per heavy atom. The predicted molar refractivity (Wildman–Crippen MR) is 86.3 cm³/mol. The van der Waals surface area contributed by atoms with Crippen LogP contribution in [0, 0.1) is 6.92 Å². The van der Waals surface area contributed by atoms with Gasteiger partial charge in [0.05, 0.1) is 6.04 Å². The summed E-state index contributed by atoms with van der Waals surface area (Å²) >= 11 is 3.36. The Kier molecular flexibility index (Phi) is 5.20. The highest BCUT2D eigenvalue weighted by Crippen LogP contribution is 2.20. The number of carbonyl (C=O) groups is 1. The molecule has 112 valence electrons. The number of nitrogens with zero attached hydrogens (tertiary/aromatic N) is 1. The van der Waals surface area contributed by atoms with Crippen molar-refractivity contribution in [2.45, 2.75) is 13.0 Å².